The van der Waals surface area contributed by atoms with Crippen LogP contribution in [-0.2, 0) is 16.5 Å². The summed E-state index contributed by atoms with van der Waals surface area (Å²) in [5.74, 6) is 1.36. The highest BCUT2D eigenvalue weighted by molar-refractivity contribution is 5.91. The first-order chi connectivity index (χ1) is 18.7. The molecule has 0 bridgehead atoms. The average Bonchev–Trinajstić information content (AvgIpc) is 3.64. The van der Waals surface area contributed by atoms with Crippen LogP contribution in [-0.4, -0.2) is 74.5 Å². The second-order valence-electron chi connectivity index (χ2n) is 10.5. The van der Waals surface area contributed by atoms with Crippen LogP contribution in [0.5, 0.6) is 5.75 Å². The van der Waals surface area contributed by atoms with E-state index in [-0.39, 0.29) is 18.2 Å². The summed E-state index contributed by atoms with van der Waals surface area (Å²) in [5, 5.41) is 8.08. The van der Waals surface area contributed by atoms with Gasteiger partial charge in [-0.1, -0.05) is 0 Å². The van der Waals surface area contributed by atoms with E-state index in [4.69, 9.17) is 14.6 Å². The van der Waals surface area contributed by atoms with Crippen LogP contribution in [0, 0.1) is 0 Å². The monoisotopic (exact) mass is 548 g/mol. The first-order valence-electron chi connectivity index (χ1n) is 13.3. The lowest BCUT2D eigenvalue weighted by atomic mass is 9.92. The lowest BCUT2D eigenvalue weighted by molar-refractivity contribution is -0.192. The van der Waals surface area contributed by atoms with Gasteiger partial charge < -0.3 is 29.0 Å². The van der Waals surface area contributed by atoms with E-state index in [2.05, 4.69) is 15.0 Å². The van der Waals surface area contributed by atoms with E-state index in [0.29, 0.717) is 43.9 Å². The van der Waals surface area contributed by atoms with Gasteiger partial charge in [0, 0.05) is 44.1 Å². The molecule has 210 valence electrons. The topological polar surface area (TPSA) is 95.7 Å². The van der Waals surface area contributed by atoms with Gasteiger partial charge >= 0.3 is 12.3 Å². The molecule has 10 nitrogen and oxygen atoms in total. The molecule has 1 N–H and O–H groups in total. The molecule has 0 radical (unpaired) electrons. The van der Waals surface area contributed by atoms with Crippen LogP contribution < -0.4 is 10.1 Å². The number of nitrogens with one attached hydrogen (secondary N) is 1. The van der Waals surface area contributed by atoms with Crippen molar-refractivity contribution in [1.82, 2.24) is 24.2 Å². The Hall–Kier alpha value is -3.48. The van der Waals surface area contributed by atoms with Crippen molar-refractivity contribution in [3.63, 3.8) is 0 Å². The summed E-state index contributed by atoms with van der Waals surface area (Å²) < 4.78 is 59.4. The number of aryl methyl sites for hydroxylation is 1. The van der Waals surface area contributed by atoms with Gasteiger partial charge in [-0.3, -0.25) is 4.68 Å². The molecule has 2 aromatic heterocycles. The summed E-state index contributed by atoms with van der Waals surface area (Å²) in [6.07, 6.45) is 0.433. The summed E-state index contributed by atoms with van der Waals surface area (Å²) in [7, 11) is 1.91. The Labute approximate surface area is 223 Å². The summed E-state index contributed by atoms with van der Waals surface area (Å²) in [4.78, 5) is 17.8. The number of amides is 1. The Bertz CT molecular complexity index is 1330. The summed E-state index contributed by atoms with van der Waals surface area (Å²) in [6, 6.07) is 5.69. The minimum Gasteiger partial charge on any atom is -0.490 e. The lowest BCUT2D eigenvalue weighted by Crippen LogP contribution is -2.42. The molecule has 1 unspecified atom stereocenters. The number of halogens is 3. The Kier molecular flexibility index (Phi) is 6.77. The highest BCUT2D eigenvalue weighted by atomic mass is 19.4. The van der Waals surface area contributed by atoms with Gasteiger partial charge in [0.1, 0.15) is 11.3 Å². The second-order valence-corrected chi connectivity index (χ2v) is 10.5. The number of fused-ring (bicyclic) bond motifs is 1. The number of carbonyl (C=O) groups excluding carboxylic acids is 1. The number of anilines is 2. The van der Waals surface area contributed by atoms with Crippen molar-refractivity contribution in [2.45, 2.75) is 69.0 Å². The van der Waals surface area contributed by atoms with Gasteiger partial charge in [-0.15, -0.1) is 0 Å². The molecule has 1 aromatic carbocycles. The van der Waals surface area contributed by atoms with Crippen molar-refractivity contribution in [3.8, 4) is 5.75 Å². The number of cyclic esters (lactones) is 1. The fourth-order valence-electron chi connectivity index (χ4n) is 5.66. The third-order valence-electron chi connectivity index (χ3n) is 7.78. The molecule has 3 fully saturated rings. The third kappa shape index (κ3) is 5.36. The summed E-state index contributed by atoms with van der Waals surface area (Å²) >= 11 is 0. The molecule has 1 saturated carbocycles. The molecule has 2 atom stereocenters. The van der Waals surface area contributed by atoms with Crippen LogP contribution >= 0.6 is 0 Å². The van der Waals surface area contributed by atoms with Crippen molar-refractivity contribution in [2.75, 3.05) is 25.1 Å². The summed E-state index contributed by atoms with van der Waals surface area (Å²) in [5.41, 5.74) is 2.44. The molecule has 0 spiro atoms. The van der Waals surface area contributed by atoms with Crippen LogP contribution in [0.2, 0.25) is 0 Å². The molecule has 6 rings (SSSR count). The van der Waals surface area contributed by atoms with E-state index in [0.717, 1.165) is 36.2 Å². The third-order valence-corrected chi connectivity index (χ3v) is 7.78. The molecule has 2 saturated heterocycles. The highest BCUT2D eigenvalue weighted by Crippen LogP contribution is 2.36. The Morgan fingerprint density at radius 2 is 1.95 bits per heavy atom. The zero-order valence-electron chi connectivity index (χ0n) is 21.6. The molecule has 3 aliphatic rings. The second kappa shape index (κ2) is 10.2. The van der Waals surface area contributed by atoms with Crippen LogP contribution in [0.25, 0.3) is 11.0 Å². The first-order valence-corrected chi connectivity index (χ1v) is 13.3. The van der Waals surface area contributed by atoms with E-state index in [1.807, 2.05) is 40.7 Å². The molecule has 4 heterocycles. The van der Waals surface area contributed by atoms with Gasteiger partial charge in [0.15, 0.2) is 5.82 Å². The first kappa shape index (κ1) is 25.8. The van der Waals surface area contributed by atoms with Crippen LogP contribution in [0.3, 0.4) is 0 Å². The number of benzene rings is 1. The van der Waals surface area contributed by atoms with Gasteiger partial charge in [0.05, 0.1) is 42.8 Å². The standard InChI is InChI=1S/C26H31F3N6O4/c1-33-15-30-24-20(31-23-8-9-35(32-23)17-3-2-10-37-14-17)11-19(12-21(24)33)38-18-6-4-16(5-7-18)34-13-22(26(27,28)29)39-25(34)36/h8-9,11-12,15-18,22H,2-7,10,13-14H2,1H3,(H,31,32)/t16-,17?,18+,22-/m1/s1. The number of nitrogens with zero attached hydrogens (tertiary/aromatic N) is 5. The molecule has 3 aromatic rings. The number of rotatable bonds is 6. The fourth-order valence-corrected chi connectivity index (χ4v) is 5.66. The SMILES string of the molecule is Cn1cnc2c(Nc3ccn(C4CCCOC4)n3)cc(O[C@H]3CC[C@@H](N4C[C@H](C(F)(F)F)OC4=O)CC3)cc21. The van der Waals surface area contributed by atoms with E-state index >= 15 is 0 Å². The van der Waals surface area contributed by atoms with Crippen molar-refractivity contribution in [1.29, 1.82) is 0 Å². The van der Waals surface area contributed by atoms with Gasteiger partial charge in [-0.05, 0) is 38.5 Å². The number of aromatic nitrogens is 4. The van der Waals surface area contributed by atoms with Gasteiger partial charge in [0.25, 0.3) is 0 Å². The van der Waals surface area contributed by atoms with E-state index < -0.39 is 24.9 Å². The Morgan fingerprint density at radius 3 is 2.67 bits per heavy atom. The largest absolute Gasteiger partial charge is 0.490 e. The molecule has 2 aliphatic heterocycles. The maximum absolute atomic E-state index is 13.0. The van der Waals surface area contributed by atoms with Crippen LogP contribution in [0.1, 0.15) is 44.6 Å². The van der Waals surface area contributed by atoms with Crippen molar-refractivity contribution in [2.24, 2.45) is 7.05 Å². The highest BCUT2D eigenvalue weighted by Gasteiger charge is 2.51. The number of hydrogen-bond acceptors (Lipinski definition) is 7. The lowest BCUT2D eigenvalue weighted by Gasteiger charge is -2.33. The molecular formula is C26H31F3N6O4. The number of carbonyl (C=O) groups is 1. The van der Waals surface area contributed by atoms with Crippen molar-refractivity contribution >= 4 is 28.6 Å². The number of ether oxygens (including phenoxy) is 3. The average molecular weight is 549 g/mol. The maximum atomic E-state index is 13.0. The molecule has 1 amide bonds. The molecule has 39 heavy (non-hydrogen) atoms. The molecule has 13 heteroatoms. The van der Waals surface area contributed by atoms with E-state index in [1.54, 1.807) is 6.33 Å². The summed E-state index contributed by atoms with van der Waals surface area (Å²) in [6.45, 7) is 0.992. The number of hydrogen-bond donors (Lipinski definition) is 1. The van der Waals surface area contributed by atoms with Crippen LogP contribution in [0.4, 0.5) is 29.5 Å². The molecule has 1 aliphatic carbocycles. The van der Waals surface area contributed by atoms with E-state index in [1.165, 1.54) is 4.90 Å². The van der Waals surface area contributed by atoms with Gasteiger partial charge in [-0.2, -0.15) is 18.3 Å². The minimum atomic E-state index is -4.55. The van der Waals surface area contributed by atoms with Crippen molar-refractivity contribution < 1.29 is 32.2 Å². The number of alkyl halides is 3. The maximum Gasteiger partial charge on any atom is 0.427 e. The Morgan fingerprint density at radius 1 is 1.13 bits per heavy atom. The normalized spacial score (nSPS) is 26.2. The number of imidazole rings is 1. The van der Waals surface area contributed by atoms with E-state index in [9.17, 15) is 18.0 Å². The van der Waals surface area contributed by atoms with Crippen molar-refractivity contribution in [3.05, 3.63) is 30.7 Å². The smallest absolute Gasteiger partial charge is 0.427 e. The van der Waals surface area contributed by atoms with Gasteiger partial charge in [-0.25, -0.2) is 9.78 Å². The molecular weight excluding hydrogens is 517 g/mol. The van der Waals surface area contributed by atoms with Crippen LogP contribution in [0.15, 0.2) is 30.7 Å². The predicted molar refractivity (Wildman–Crippen MR) is 135 cm³/mol. The zero-order chi connectivity index (χ0) is 27.1. The fraction of sp³-hybridized carbons (Fsp3) is 0.577. The quantitative estimate of drug-likeness (QED) is 0.466. The minimum absolute atomic E-state index is 0.123. The van der Waals surface area contributed by atoms with Gasteiger partial charge in [0.2, 0.25) is 6.10 Å². The Balaban J connectivity index is 1.13. The zero-order valence-corrected chi connectivity index (χ0v) is 21.6. The predicted octanol–water partition coefficient (Wildman–Crippen LogP) is 4.94.